The molecule has 0 saturated heterocycles. The maximum absolute atomic E-state index is 12.6. The Hall–Kier alpha value is -4.07. The summed E-state index contributed by atoms with van der Waals surface area (Å²) in [7, 11) is 1.51. The first kappa shape index (κ1) is 17.3. The summed E-state index contributed by atoms with van der Waals surface area (Å²) >= 11 is 0. The van der Waals surface area contributed by atoms with Crippen LogP contribution in [0.4, 0.5) is 11.4 Å². The molecule has 0 radical (unpaired) electrons. The molecule has 8 heteroatoms. The molecule has 1 aliphatic heterocycles. The Bertz CT molecular complexity index is 1130. The first-order valence-corrected chi connectivity index (χ1v) is 8.35. The number of hydrogen-bond acceptors (Lipinski definition) is 5. The van der Waals surface area contributed by atoms with Crippen LogP contribution in [-0.4, -0.2) is 28.0 Å². The van der Waals surface area contributed by atoms with Crippen LogP contribution in [0, 0.1) is 10.1 Å². The Balaban J connectivity index is 2.00. The number of ether oxygens (including phenoxy) is 1. The lowest BCUT2D eigenvalue weighted by Gasteiger charge is -2.10. The molecule has 2 heterocycles. The van der Waals surface area contributed by atoms with E-state index >= 15 is 0 Å². The van der Waals surface area contributed by atoms with Crippen molar-refractivity contribution in [3.63, 3.8) is 0 Å². The normalized spacial score (nSPS) is 14.0. The van der Waals surface area contributed by atoms with E-state index in [9.17, 15) is 20.0 Å². The maximum Gasteiger partial charge on any atom is 0.277 e. The van der Waals surface area contributed by atoms with Crippen molar-refractivity contribution < 1.29 is 19.6 Å². The fraction of sp³-hybridized carbons (Fsp3) is 0.0500. The van der Waals surface area contributed by atoms with E-state index in [1.165, 1.54) is 31.4 Å². The summed E-state index contributed by atoms with van der Waals surface area (Å²) in [6, 6.07) is 10.6. The van der Waals surface area contributed by atoms with Crippen LogP contribution in [0.3, 0.4) is 0 Å². The van der Waals surface area contributed by atoms with Gasteiger partial charge in [0.25, 0.3) is 11.6 Å². The standard InChI is InChI=1S/C20H15N3O5/c1-28-17-8-9-21-15(17)10-13-19-14(22-20(13)25)6-7-16(23(26)27)18(19)11-2-4-12(24)5-3-11/h2-10,21,24H,1H3,(H,22,25). The molecule has 28 heavy (non-hydrogen) atoms. The Kier molecular flexibility index (Phi) is 4.08. The second kappa shape index (κ2) is 6.58. The number of methoxy groups -OCH3 is 1. The third-order valence-electron chi connectivity index (χ3n) is 4.55. The summed E-state index contributed by atoms with van der Waals surface area (Å²) < 4.78 is 5.27. The third kappa shape index (κ3) is 2.77. The smallest absolute Gasteiger partial charge is 0.277 e. The van der Waals surface area contributed by atoms with Gasteiger partial charge in [-0.15, -0.1) is 0 Å². The number of aromatic hydroxyl groups is 1. The van der Waals surface area contributed by atoms with Gasteiger partial charge in [0.2, 0.25) is 0 Å². The van der Waals surface area contributed by atoms with Crippen LogP contribution in [0.5, 0.6) is 11.5 Å². The molecular weight excluding hydrogens is 362 g/mol. The molecule has 1 aromatic heterocycles. The van der Waals surface area contributed by atoms with Crippen molar-refractivity contribution in [1.82, 2.24) is 4.98 Å². The lowest BCUT2D eigenvalue weighted by atomic mass is 9.92. The largest absolute Gasteiger partial charge is 0.508 e. The molecule has 8 nitrogen and oxygen atoms in total. The quantitative estimate of drug-likeness (QED) is 0.363. The van der Waals surface area contributed by atoms with Crippen LogP contribution in [-0.2, 0) is 4.79 Å². The molecule has 3 N–H and O–H groups in total. The lowest BCUT2D eigenvalue weighted by Crippen LogP contribution is -2.03. The first-order valence-electron chi connectivity index (χ1n) is 8.35. The van der Waals surface area contributed by atoms with Crippen molar-refractivity contribution >= 4 is 28.9 Å². The highest BCUT2D eigenvalue weighted by molar-refractivity contribution is 6.36. The Morgan fingerprint density at radius 2 is 1.86 bits per heavy atom. The number of nitro benzene ring substituents is 1. The fourth-order valence-corrected chi connectivity index (χ4v) is 3.29. The molecule has 4 rings (SSSR count). The van der Waals surface area contributed by atoms with Gasteiger partial charge in [-0.1, -0.05) is 12.1 Å². The van der Waals surface area contributed by atoms with Gasteiger partial charge in [0.15, 0.2) is 0 Å². The van der Waals surface area contributed by atoms with E-state index in [0.717, 1.165) is 0 Å². The number of phenols is 1. The molecule has 140 valence electrons. The fourth-order valence-electron chi connectivity index (χ4n) is 3.29. The van der Waals surface area contributed by atoms with Gasteiger partial charge in [-0.3, -0.25) is 14.9 Å². The number of aromatic amines is 1. The minimum Gasteiger partial charge on any atom is -0.508 e. The number of nitro groups is 1. The van der Waals surface area contributed by atoms with Gasteiger partial charge in [-0.25, -0.2) is 0 Å². The number of nitrogens with zero attached hydrogens (tertiary/aromatic N) is 1. The molecular formula is C20H15N3O5. The van der Waals surface area contributed by atoms with Gasteiger partial charge >= 0.3 is 0 Å². The monoisotopic (exact) mass is 377 g/mol. The van der Waals surface area contributed by atoms with E-state index in [0.29, 0.717) is 33.8 Å². The van der Waals surface area contributed by atoms with Crippen molar-refractivity contribution in [1.29, 1.82) is 0 Å². The number of hydrogen-bond donors (Lipinski definition) is 3. The number of benzene rings is 2. The van der Waals surface area contributed by atoms with Crippen LogP contribution in [0.2, 0.25) is 0 Å². The highest BCUT2D eigenvalue weighted by atomic mass is 16.6. The van der Waals surface area contributed by atoms with E-state index in [2.05, 4.69) is 10.3 Å². The summed E-state index contributed by atoms with van der Waals surface area (Å²) in [5, 5.41) is 24.0. The summed E-state index contributed by atoms with van der Waals surface area (Å²) in [5.74, 6) is 0.220. The minimum absolute atomic E-state index is 0.0417. The van der Waals surface area contributed by atoms with Crippen LogP contribution >= 0.6 is 0 Å². The molecule has 2 aromatic carbocycles. The summed E-state index contributed by atoms with van der Waals surface area (Å²) in [6.45, 7) is 0. The highest BCUT2D eigenvalue weighted by Gasteiger charge is 2.32. The van der Waals surface area contributed by atoms with Gasteiger partial charge in [0, 0.05) is 17.8 Å². The topological polar surface area (TPSA) is 117 Å². The molecule has 0 spiro atoms. The van der Waals surface area contributed by atoms with E-state index < -0.39 is 4.92 Å². The number of carbonyl (C=O) groups excluding carboxylic acids is 1. The highest BCUT2D eigenvalue weighted by Crippen LogP contribution is 2.45. The molecule has 1 amide bonds. The van der Waals surface area contributed by atoms with Crippen molar-refractivity contribution in [2.24, 2.45) is 0 Å². The second-order valence-electron chi connectivity index (χ2n) is 6.16. The zero-order valence-electron chi connectivity index (χ0n) is 14.7. The van der Waals surface area contributed by atoms with Crippen LogP contribution < -0.4 is 10.1 Å². The van der Waals surface area contributed by atoms with E-state index in [1.807, 2.05) is 0 Å². The van der Waals surface area contributed by atoms with Gasteiger partial charge in [-0.2, -0.15) is 0 Å². The Morgan fingerprint density at radius 3 is 2.54 bits per heavy atom. The van der Waals surface area contributed by atoms with E-state index in [-0.39, 0.29) is 22.9 Å². The van der Waals surface area contributed by atoms with Gasteiger partial charge in [0.1, 0.15) is 11.5 Å². The van der Waals surface area contributed by atoms with E-state index in [1.54, 1.807) is 30.5 Å². The Labute approximate surface area is 159 Å². The van der Waals surface area contributed by atoms with E-state index in [4.69, 9.17) is 4.74 Å². The Morgan fingerprint density at radius 1 is 1.11 bits per heavy atom. The number of fused-ring (bicyclic) bond motifs is 1. The first-order chi connectivity index (χ1) is 13.5. The van der Waals surface area contributed by atoms with Crippen molar-refractivity contribution in [3.8, 4) is 22.6 Å². The van der Waals surface area contributed by atoms with Crippen LogP contribution in [0.15, 0.2) is 48.7 Å². The minimum atomic E-state index is -0.488. The number of H-pyrrole nitrogens is 1. The molecule has 0 unspecified atom stereocenters. The predicted molar refractivity (Wildman–Crippen MR) is 104 cm³/mol. The molecule has 1 aliphatic rings. The predicted octanol–water partition coefficient (Wildman–Crippen LogP) is 3.80. The average molecular weight is 377 g/mol. The number of phenolic OH excluding ortho intramolecular Hbond substituents is 1. The number of nitrogens with one attached hydrogen (secondary N) is 2. The van der Waals surface area contributed by atoms with Gasteiger partial charge in [-0.05, 0) is 35.9 Å². The third-order valence-corrected chi connectivity index (χ3v) is 4.55. The van der Waals surface area contributed by atoms with Gasteiger partial charge in [0.05, 0.1) is 34.6 Å². The van der Waals surface area contributed by atoms with Crippen molar-refractivity contribution in [2.75, 3.05) is 12.4 Å². The number of carbonyl (C=O) groups is 1. The molecule has 0 atom stereocenters. The lowest BCUT2D eigenvalue weighted by molar-refractivity contribution is -0.384. The number of aromatic nitrogens is 1. The zero-order valence-corrected chi connectivity index (χ0v) is 14.7. The van der Waals surface area contributed by atoms with Crippen LogP contribution in [0.25, 0.3) is 22.8 Å². The molecule has 0 saturated carbocycles. The second-order valence-corrected chi connectivity index (χ2v) is 6.16. The number of anilines is 1. The molecule has 0 fully saturated rings. The molecule has 3 aromatic rings. The SMILES string of the molecule is COc1cc[nH]c1C=C1C(=O)Nc2ccc([N+](=O)[O-])c(-c3ccc(O)cc3)c21. The number of rotatable bonds is 4. The summed E-state index contributed by atoms with van der Waals surface area (Å²) in [6.07, 6.45) is 3.28. The molecule has 0 aliphatic carbocycles. The summed E-state index contributed by atoms with van der Waals surface area (Å²) in [5.41, 5.74) is 2.45. The zero-order chi connectivity index (χ0) is 19.8. The summed E-state index contributed by atoms with van der Waals surface area (Å²) in [4.78, 5) is 26.8. The average Bonchev–Trinajstić information content (AvgIpc) is 3.26. The maximum atomic E-state index is 12.6. The van der Waals surface area contributed by atoms with Gasteiger partial charge < -0.3 is 20.1 Å². The van der Waals surface area contributed by atoms with Crippen molar-refractivity contribution in [3.05, 3.63) is 70.0 Å². The molecule has 0 bridgehead atoms. The van der Waals surface area contributed by atoms with Crippen LogP contribution in [0.1, 0.15) is 11.3 Å². The number of amides is 1. The van der Waals surface area contributed by atoms with Crippen molar-refractivity contribution in [2.45, 2.75) is 0 Å².